The van der Waals surface area contributed by atoms with Gasteiger partial charge in [0.1, 0.15) is 5.82 Å². The number of nitrogens with zero attached hydrogens (tertiary/aromatic N) is 1. The van der Waals surface area contributed by atoms with Crippen LogP contribution in [0.3, 0.4) is 0 Å². The number of aromatic nitrogens is 1. The number of carbonyl (C=O) groups is 2. The lowest BCUT2D eigenvalue weighted by molar-refractivity contribution is -0.118. The first-order valence-electron chi connectivity index (χ1n) is 8.64. The van der Waals surface area contributed by atoms with Gasteiger partial charge in [-0.25, -0.2) is 9.18 Å². The van der Waals surface area contributed by atoms with E-state index in [2.05, 4.69) is 28.8 Å². The highest BCUT2D eigenvalue weighted by molar-refractivity contribution is 5.97. The third-order valence-electron chi connectivity index (χ3n) is 4.18. The molecule has 0 fully saturated rings. The average molecular weight is 383 g/mol. The summed E-state index contributed by atoms with van der Waals surface area (Å²) in [4.78, 5) is 27.4. The van der Waals surface area contributed by atoms with Crippen molar-refractivity contribution in [2.75, 3.05) is 5.32 Å². The van der Waals surface area contributed by atoms with E-state index in [9.17, 15) is 14.0 Å². The molecule has 2 amide bonds. The van der Waals surface area contributed by atoms with Gasteiger partial charge in [-0.05, 0) is 36.2 Å². The molecule has 7 heteroatoms. The molecule has 0 bridgehead atoms. The van der Waals surface area contributed by atoms with Crippen molar-refractivity contribution < 1.29 is 19.1 Å². The number of nitrogens with one attached hydrogen (secondary N) is 2. The van der Waals surface area contributed by atoms with E-state index in [0.717, 1.165) is 0 Å². The fraction of sp³-hybridized carbons (Fsp3) is 0.190. The molecule has 2 rings (SSSR count). The van der Waals surface area contributed by atoms with E-state index >= 15 is 0 Å². The average Bonchev–Trinajstić information content (AvgIpc) is 2.68. The molecule has 0 spiro atoms. The molecule has 1 heterocycles. The highest BCUT2D eigenvalue weighted by atomic mass is 19.1. The molecule has 6 nitrogen and oxygen atoms in total. The van der Waals surface area contributed by atoms with Crippen LogP contribution in [0.1, 0.15) is 24.9 Å². The van der Waals surface area contributed by atoms with E-state index in [0.29, 0.717) is 28.8 Å². The van der Waals surface area contributed by atoms with Crippen LogP contribution in [0.4, 0.5) is 14.9 Å². The zero-order valence-corrected chi connectivity index (χ0v) is 15.5. The second kappa shape index (κ2) is 9.45. The molecule has 146 valence electrons. The van der Waals surface area contributed by atoms with Crippen LogP contribution in [0.15, 0.2) is 62.0 Å². The van der Waals surface area contributed by atoms with Gasteiger partial charge < -0.3 is 15.7 Å². The number of anilines is 1. The van der Waals surface area contributed by atoms with Crippen molar-refractivity contribution in [2.24, 2.45) is 5.92 Å². The number of carbonyl (C=O) groups excluding carboxylic acids is 1. The highest BCUT2D eigenvalue weighted by Gasteiger charge is 2.17. The number of hydrogen-bond donors (Lipinski definition) is 3. The number of hydrogen-bond acceptors (Lipinski definition) is 3. The summed E-state index contributed by atoms with van der Waals surface area (Å²) in [6.07, 6.45) is 5.35. The Morgan fingerprint density at radius 3 is 2.68 bits per heavy atom. The molecule has 0 aliphatic rings. The lowest BCUT2D eigenvalue weighted by Gasteiger charge is -2.17. The van der Waals surface area contributed by atoms with Crippen molar-refractivity contribution in [3.8, 4) is 11.1 Å². The largest absolute Gasteiger partial charge is 0.465 e. The van der Waals surface area contributed by atoms with E-state index in [1.54, 1.807) is 19.1 Å². The zero-order chi connectivity index (χ0) is 20.7. The Morgan fingerprint density at radius 2 is 2.04 bits per heavy atom. The second-order valence-electron chi connectivity index (χ2n) is 6.24. The molecule has 0 radical (unpaired) electrons. The number of pyridine rings is 1. The van der Waals surface area contributed by atoms with E-state index in [-0.39, 0.29) is 5.91 Å². The molecule has 1 aromatic heterocycles. The van der Waals surface area contributed by atoms with Gasteiger partial charge in [-0.1, -0.05) is 19.1 Å². The van der Waals surface area contributed by atoms with E-state index < -0.39 is 23.9 Å². The molecule has 0 aliphatic carbocycles. The molecule has 3 N–H and O–H groups in total. The summed E-state index contributed by atoms with van der Waals surface area (Å²) in [7, 11) is 0. The van der Waals surface area contributed by atoms with Gasteiger partial charge in [-0.15, -0.1) is 13.2 Å². The van der Waals surface area contributed by atoms with Crippen LogP contribution < -0.4 is 10.6 Å². The van der Waals surface area contributed by atoms with Gasteiger partial charge in [0.25, 0.3) is 0 Å². The predicted molar refractivity (Wildman–Crippen MR) is 106 cm³/mol. The summed E-state index contributed by atoms with van der Waals surface area (Å²) in [6.45, 7) is 8.93. The highest BCUT2D eigenvalue weighted by Crippen LogP contribution is 2.31. The number of carboxylic acid groups (broad SMARTS) is 1. The molecule has 28 heavy (non-hydrogen) atoms. The van der Waals surface area contributed by atoms with Gasteiger partial charge in [0.15, 0.2) is 0 Å². The Labute approximate surface area is 162 Å². The van der Waals surface area contributed by atoms with Gasteiger partial charge in [0.05, 0.1) is 12.0 Å². The predicted octanol–water partition coefficient (Wildman–Crippen LogP) is 4.53. The van der Waals surface area contributed by atoms with Crippen molar-refractivity contribution >= 4 is 17.7 Å². The van der Waals surface area contributed by atoms with Crippen LogP contribution in [0.25, 0.3) is 11.1 Å². The molecule has 0 saturated heterocycles. The van der Waals surface area contributed by atoms with E-state index in [1.807, 2.05) is 0 Å². The minimum absolute atomic E-state index is 0.274. The third-order valence-corrected chi connectivity index (χ3v) is 4.18. The third kappa shape index (κ3) is 5.26. The van der Waals surface area contributed by atoms with Crippen molar-refractivity contribution in [3.63, 3.8) is 0 Å². The molecule has 2 aromatic rings. The Balaban J connectivity index is 2.45. The van der Waals surface area contributed by atoms with Crippen molar-refractivity contribution in [1.29, 1.82) is 0 Å². The molecular weight excluding hydrogens is 361 g/mol. The molecule has 0 aliphatic heterocycles. The van der Waals surface area contributed by atoms with Crippen molar-refractivity contribution in [2.45, 2.75) is 19.4 Å². The maximum Gasteiger partial charge on any atom is 0.405 e. The fourth-order valence-corrected chi connectivity index (χ4v) is 2.61. The first-order chi connectivity index (χ1) is 13.3. The molecule has 0 saturated carbocycles. The summed E-state index contributed by atoms with van der Waals surface area (Å²) >= 11 is 0. The van der Waals surface area contributed by atoms with Gasteiger partial charge in [-0.2, -0.15) is 0 Å². The normalized spacial score (nSPS) is 12.5. The minimum Gasteiger partial charge on any atom is -0.465 e. The zero-order valence-electron chi connectivity index (χ0n) is 15.5. The van der Waals surface area contributed by atoms with Gasteiger partial charge in [0, 0.05) is 29.2 Å². The SMILES string of the molecule is C=CC[C@H](NC(=O)O)c1cncc(-c2cc(F)ccc2NC(=O)[C@H](C)C=C)c1. The summed E-state index contributed by atoms with van der Waals surface area (Å²) < 4.78 is 13.9. The smallest absolute Gasteiger partial charge is 0.405 e. The first-order valence-corrected chi connectivity index (χ1v) is 8.64. The van der Waals surface area contributed by atoms with E-state index in [1.165, 1.54) is 36.7 Å². The van der Waals surface area contributed by atoms with Gasteiger partial charge in [0.2, 0.25) is 5.91 Å². The summed E-state index contributed by atoms with van der Waals surface area (Å²) in [5.41, 5.74) is 2.00. The lowest BCUT2D eigenvalue weighted by Crippen LogP contribution is -2.26. The topological polar surface area (TPSA) is 91.3 Å². The monoisotopic (exact) mass is 383 g/mol. The maximum atomic E-state index is 13.9. The van der Waals surface area contributed by atoms with Crippen LogP contribution in [-0.2, 0) is 4.79 Å². The quantitative estimate of drug-likeness (QED) is 0.584. The Kier molecular flexibility index (Phi) is 7.03. The first kappa shape index (κ1) is 20.8. The molecule has 2 atom stereocenters. The standard InChI is InChI=1S/C21H22FN3O3/c1-4-6-18(25-21(27)28)15-9-14(11-23-12-15)17-10-16(22)7-8-19(17)24-20(26)13(3)5-2/h4-5,7-13,18,25H,1-2,6H2,3H3,(H,24,26)(H,27,28)/t13-,18+/m1/s1. The number of benzene rings is 1. The van der Waals surface area contributed by atoms with Crippen LogP contribution in [0.2, 0.25) is 0 Å². The Hall–Kier alpha value is -3.48. The Bertz CT molecular complexity index is 898. The van der Waals surface area contributed by atoms with Crippen LogP contribution in [0, 0.1) is 11.7 Å². The van der Waals surface area contributed by atoms with E-state index in [4.69, 9.17) is 5.11 Å². The van der Waals surface area contributed by atoms with Crippen LogP contribution in [-0.4, -0.2) is 22.1 Å². The fourth-order valence-electron chi connectivity index (χ4n) is 2.61. The summed E-state index contributed by atoms with van der Waals surface area (Å²) in [5.74, 6) is -1.16. The number of halogens is 1. The van der Waals surface area contributed by atoms with Crippen LogP contribution >= 0.6 is 0 Å². The van der Waals surface area contributed by atoms with Gasteiger partial charge >= 0.3 is 6.09 Å². The molecule has 1 aromatic carbocycles. The van der Waals surface area contributed by atoms with Gasteiger partial charge in [-0.3, -0.25) is 9.78 Å². The Morgan fingerprint density at radius 1 is 1.29 bits per heavy atom. The lowest BCUT2D eigenvalue weighted by atomic mass is 9.99. The molecule has 0 unspecified atom stereocenters. The number of rotatable bonds is 8. The van der Waals surface area contributed by atoms with Crippen molar-refractivity contribution in [3.05, 3.63) is 73.3 Å². The van der Waals surface area contributed by atoms with Crippen molar-refractivity contribution in [1.82, 2.24) is 10.3 Å². The molecular formula is C21H22FN3O3. The summed E-state index contributed by atoms with van der Waals surface area (Å²) in [6, 6.07) is 5.18. The maximum absolute atomic E-state index is 13.9. The van der Waals surface area contributed by atoms with Crippen LogP contribution in [0.5, 0.6) is 0 Å². The number of amides is 2. The summed E-state index contributed by atoms with van der Waals surface area (Å²) in [5, 5.41) is 14.2. The minimum atomic E-state index is -1.17. The second-order valence-corrected chi connectivity index (χ2v) is 6.24.